The van der Waals surface area contributed by atoms with Gasteiger partial charge in [-0.3, -0.25) is 13.8 Å². The summed E-state index contributed by atoms with van der Waals surface area (Å²) >= 11 is 2.80. The topological polar surface area (TPSA) is 39.3 Å². The smallest absolute Gasteiger partial charge is 0.300 e. The Hall–Kier alpha value is -1.40. The molecule has 3 rings (SSSR count). The van der Waals surface area contributed by atoms with Gasteiger partial charge in [-0.05, 0) is 0 Å². The molecule has 15 heavy (non-hydrogen) atoms. The average molecular weight is 237 g/mol. The van der Waals surface area contributed by atoms with E-state index in [0.717, 1.165) is 10.7 Å². The van der Waals surface area contributed by atoms with Crippen LogP contribution in [0.15, 0.2) is 34.1 Å². The third kappa shape index (κ3) is 1.51. The summed E-state index contributed by atoms with van der Waals surface area (Å²) in [4.78, 5) is 16.8. The maximum absolute atomic E-state index is 11.3. The lowest BCUT2D eigenvalue weighted by Crippen LogP contribution is -2.12. The Morgan fingerprint density at radius 1 is 1.27 bits per heavy atom. The van der Waals surface area contributed by atoms with Crippen LogP contribution in [0.4, 0.5) is 0 Å². The van der Waals surface area contributed by atoms with Crippen molar-refractivity contribution in [3.05, 3.63) is 44.7 Å². The predicted octanol–water partition coefficient (Wildman–Crippen LogP) is 1.67. The van der Waals surface area contributed by atoms with Gasteiger partial charge in [0.1, 0.15) is 0 Å². The maximum atomic E-state index is 11.3. The minimum atomic E-state index is 0.0614. The van der Waals surface area contributed by atoms with Crippen molar-refractivity contribution in [2.75, 3.05) is 0 Å². The fourth-order valence-corrected chi connectivity index (χ4v) is 2.74. The summed E-state index contributed by atoms with van der Waals surface area (Å²) in [6, 6.07) is 0. The first kappa shape index (κ1) is 8.87. The molecule has 0 aliphatic carbocycles. The standard InChI is InChI=1S/C9H7N3OS2/c13-9-12(2-4-15-9)6-7-5-11-1-3-14-8(11)10-7/h1-5H,6H2. The Labute approximate surface area is 93.1 Å². The van der Waals surface area contributed by atoms with Gasteiger partial charge in [-0.15, -0.1) is 11.3 Å². The SMILES string of the molecule is O=c1sccn1Cc1cn2ccsc2n1. The normalized spacial score (nSPS) is 11.2. The van der Waals surface area contributed by atoms with E-state index in [9.17, 15) is 4.79 Å². The summed E-state index contributed by atoms with van der Waals surface area (Å²) in [5, 5.41) is 3.78. The first-order valence-corrected chi connectivity index (χ1v) is 6.14. The lowest BCUT2D eigenvalue weighted by molar-refractivity contribution is 0.767. The lowest BCUT2D eigenvalue weighted by Gasteiger charge is -1.94. The summed E-state index contributed by atoms with van der Waals surface area (Å²) in [5.41, 5.74) is 0.919. The van der Waals surface area contributed by atoms with E-state index in [1.165, 1.54) is 11.3 Å². The highest BCUT2D eigenvalue weighted by Crippen LogP contribution is 2.11. The van der Waals surface area contributed by atoms with E-state index in [0.29, 0.717) is 6.54 Å². The van der Waals surface area contributed by atoms with Crippen LogP contribution in [0.25, 0.3) is 4.96 Å². The van der Waals surface area contributed by atoms with Crippen molar-refractivity contribution < 1.29 is 0 Å². The van der Waals surface area contributed by atoms with E-state index < -0.39 is 0 Å². The summed E-state index contributed by atoms with van der Waals surface area (Å²) in [5.74, 6) is 0. The van der Waals surface area contributed by atoms with E-state index in [1.54, 1.807) is 27.5 Å². The van der Waals surface area contributed by atoms with Crippen molar-refractivity contribution in [3.8, 4) is 0 Å². The van der Waals surface area contributed by atoms with E-state index in [4.69, 9.17) is 0 Å². The van der Waals surface area contributed by atoms with E-state index in [-0.39, 0.29) is 4.87 Å². The second-order valence-corrected chi connectivity index (χ2v) is 4.85. The predicted molar refractivity (Wildman–Crippen MR) is 60.8 cm³/mol. The van der Waals surface area contributed by atoms with E-state index in [1.807, 2.05) is 22.2 Å². The molecule has 76 valence electrons. The molecule has 0 N–H and O–H groups in total. The molecule has 0 unspecified atom stereocenters. The van der Waals surface area contributed by atoms with Crippen LogP contribution < -0.4 is 4.87 Å². The van der Waals surface area contributed by atoms with Crippen LogP contribution in [0.5, 0.6) is 0 Å². The van der Waals surface area contributed by atoms with Crippen LogP contribution in [0.2, 0.25) is 0 Å². The average Bonchev–Trinajstić information content (AvgIpc) is 2.83. The molecule has 0 saturated carbocycles. The molecule has 3 aromatic rings. The zero-order valence-electron chi connectivity index (χ0n) is 7.66. The van der Waals surface area contributed by atoms with Crippen LogP contribution in [0.3, 0.4) is 0 Å². The van der Waals surface area contributed by atoms with Gasteiger partial charge < -0.3 is 0 Å². The molecule has 4 nitrogen and oxygen atoms in total. The molecule has 0 aromatic carbocycles. The van der Waals surface area contributed by atoms with Gasteiger partial charge in [-0.1, -0.05) is 11.3 Å². The van der Waals surface area contributed by atoms with Crippen molar-refractivity contribution in [2.24, 2.45) is 0 Å². The van der Waals surface area contributed by atoms with Gasteiger partial charge in [-0.2, -0.15) is 0 Å². The van der Waals surface area contributed by atoms with Crippen LogP contribution >= 0.6 is 22.7 Å². The van der Waals surface area contributed by atoms with Gasteiger partial charge in [0.05, 0.1) is 12.2 Å². The fraction of sp³-hybridized carbons (Fsp3) is 0.111. The largest absolute Gasteiger partial charge is 0.307 e. The highest BCUT2D eigenvalue weighted by molar-refractivity contribution is 7.15. The Morgan fingerprint density at radius 2 is 2.13 bits per heavy atom. The van der Waals surface area contributed by atoms with Crippen molar-refractivity contribution in [2.45, 2.75) is 6.54 Å². The van der Waals surface area contributed by atoms with Gasteiger partial charge in [0.2, 0.25) is 0 Å². The number of thiazole rings is 2. The van der Waals surface area contributed by atoms with E-state index in [2.05, 4.69) is 4.98 Å². The number of aromatic nitrogens is 3. The number of rotatable bonds is 2. The van der Waals surface area contributed by atoms with Crippen molar-refractivity contribution in [3.63, 3.8) is 0 Å². The molecule has 0 fully saturated rings. The van der Waals surface area contributed by atoms with Crippen molar-refractivity contribution >= 4 is 27.6 Å². The highest BCUT2D eigenvalue weighted by Gasteiger charge is 2.04. The molecule has 0 bridgehead atoms. The Morgan fingerprint density at radius 3 is 2.87 bits per heavy atom. The Kier molecular flexibility index (Phi) is 1.96. The summed E-state index contributed by atoms with van der Waals surface area (Å²) in [6.07, 6.45) is 5.71. The quantitative estimate of drug-likeness (QED) is 0.680. The molecule has 0 amide bonds. The number of fused-ring (bicyclic) bond motifs is 1. The zero-order valence-corrected chi connectivity index (χ0v) is 9.29. The van der Waals surface area contributed by atoms with Crippen LogP contribution in [-0.2, 0) is 6.54 Å². The molecule has 3 heterocycles. The van der Waals surface area contributed by atoms with Crippen LogP contribution in [0, 0.1) is 0 Å². The Bertz CT molecular complexity index is 617. The van der Waals surface area contributed by atoms with Gasteiger partial charge in [0, 0.05) is 29.4 Å². The number of nitrogens with zero attached hydrogens (tertiary/aromatic N) is 3. The highest BCUT2D eigenvalue weighted by atomic mass is 32.1. The first-order chi connectivity index (χ1) is 7.33. The molecular formula is C9H7N3OS2. The summed E-state index contributed by atoms with van der Waals surface area (Å²) < 4.78 is 3.63. The van der Waals surface area contributed by atoms with Crippen LogP contribution in [0.1, 0.15) is 5.69 Å². The second-order valence-electron chi connectivity index (χ2n) is 3.12. The molecular weight excluding hydrogens is 230 g/mol. The van der Waals surface area contributed by atoms with Gasteiger partial charge in [0.25, 0.3) is 0 Å². The molecule has 0 spiro atoms. The monoisotopic (exact) mass is 237 g/mol. The van der Waals surface area contributed by atoms with Gasteiger partial charge in [0.15, 0.2) is 4.96 Å². The van der Waals surface area contributed by atoms with Crippen LogP contribution in [-0.4, -0.2) is 14.0 Å². The minimum absolute atomic E-state index is 0.0614. The lowest BCUT2D eigenvalue weighted by atomic mass is 10.5. The summed E-state index contributed by atoms with van der Waals surface area (Å²) in [7, 11) is 0. The van der Waals surface area contributed by atoms with Crippen molar-refractivity contribution in [1.29, 1.82) is 0 Å². The van der Waals surface area contributed by atoms with E-state index >= 15 is 0 Å². The first-order valence-electron chi connectivity index (χ1n) is 4.38. The zero-order chi connectivity index (χ0) is 10.3. The second kappa shape index (κ2) is 3.32. The summed E-state index contributed by atoms with van der Waals surface area (Å²) in [6.45, 7) is 0.552. The third-order valence-corrected chi connectivity index (χ3v) is 3.58. The molecule has 0 atom stereocenters. The molecule has 0 aliphatic rings. The van der Waals surface area contributed by atoms with Gasteiger partial charge >= 0.3 is 4.87 Å². The number of imidazole rings is 1. The molecule has 6 heteroatoms. The number of hydrogen-bond donors (Lipinski definition) is 0. The molecule has 0 saturated heterocycles. The molecule has 3 aromatic heterocycles. The van der Waals surface area contributed by atoms with Gasteiger partial charge in [-0.25, -0.2) is 4.98 Å². The Balaban J connectivity index is 1.99. The minimum Gasteiger partial charge on any atom is -0.300 e. The fourth-order valence-electron chi connectivity index (χ4n) is 1.43. The number of hydrogen-bond acceptors (Lipinski definition) is 4. The maximum Gasteiger partial charge on any atom is 0.307 e. The van der Waals surface area contributed by atoms with Crippen molar-refractivity contribution in [1.82, 2.24) is 14.0 Å². The molecule has 0 radical (unpaired) electrons. The third-order valence-electron chi connectivity index (χ3n) is 2.12. The molecule has 0 aliphatic heterocycles.